The second kappa shape index (κ2) is 9.00. The van der Waals surface area contributed by atoms with Crippen LogP contribution in [0.1, 0.15) is 76.2 Å². The summed E-state index contributed by atoms with van der Waals surface area (Å²) in [5.74, 6) is 0. The van der Waals surface area contributed by atoms with E-state index < -0.39 is 5.60 Å². The molecule has 25 heavy (non-hydrogen) atoms. The summed E-state index contributed by atoms with van der Waals surface area (Å²) in [6.07, 6.45) is 15.0. The summed E-state index contributed by atoms with van der Waals surface area (Å²) < 4.78 is 0. The molecule has 138 valence electrons. The minimum atomic E-state index is -0.403. The Balaban J connectivity index is 1.43. The molecule has 2 heteroatoms. The van der Waals surface area contributed by atoms with E-state index in [9.17, 15) is 5.11 Å². The van der Waals surface area contributed by atoms with Crippen molar-refractivity contribution in [1.82, 2.24) is 4.90 Å². The number of aliphatic hydroxyl groups is 1. The average molecular weight is 342 g/mol. The number of hydrogen-bond acceptors (Lipinski definition) is 2. The van der Waals surface area contributed by atoms with E-state index in [1.165, 1.54) is 50.5 Å². The largest absolute Gasteiger partial charge is 0.390 e. The Hall–Kier alpha value is -1.12. The molecule has 2 atom stereocenters. The summed E-state index contributed by atoms with van der Waals surface area (Å²) in [5.41, 5.74) is 1.00. The second-order valence-electron chi connectivity index (χ2n) is 8.27. The van der Waals surface area contributed by atoms with E-state index in [0.29, 0.717) is 12.1 Å². The summed E-state index contributed by atoms with van der Waals surface area (Å²) in [5, 5.41) is 11.1. The van der Waals surface area contributed by atoms with Gasteiger partial charge in [0.05, 0.1) is 5.60 Å². The Morgan fingerprint density at radius 1 is 1.00 bits per heavy atom. The van der Waals surface area contributed by atoms with Crippen LogP contribution in [0.2, 0.25) is 0 Å². The highest BCUT2D eigenvalue weighted by atomic mass is 16.3. The van der Waals surface area contributed by atoms with Crippen molar-refractivity contribution in [3.63, 3.8) is 0 Å². The molecule has 0 saturated carbocycles. The fraction of sp³-hybridized carbons (Fsp3) is 0.652. The summed E-state index contributed by atoms with van der Waals surface area (Å²) in [4.78, 5) is 2.67. The molecule has 2 bridgehead atoms. The van der Waals surface area contributed by atoms with Gasteiger partial charge in [0.25, 0.3) is 0 Å². The van der Waals surface area contributed by atoms with Crippen LogP contribution in [-0.4, -0.2) is 27.7 Å². The molecule has 1 N–H and O–H groups in total. The minimum absolute atomic E-state index is 0.403. The third-order valence-electron chi connectivity index (χ3n) is 6.26. The fourth-order valence-corrected chi connectivity index (χ4v) is 4.94. The number of unbranched alkanes of at least 4 members (excludes halogenated alkanes) is 5. The van der Waals surface area contributed by atoms with Gasteiger partial charge >= 0.3 is 0 Å². The molecule has 1 aromatic carbocycles. The van der Waals surface area contributed by atoms with Crippen LogP contribution in [0, 0.1) is 0 Å². The van der Waals surface area contributed by atoms with Crippen molar-refractivity contribution in [1.29, 1.82) is 0 Å². The standard InChI is InChI=1S/C23H35NO/c1-2-3-4-5-6-7-11-16-23(25)17-21-14-15-22(18-23)24(21)19-20-12-9-8-10-13-20/h2,8-10,12-13,21-22,25H,1,3-7,11,14-19H2. The van der Waals surface area contributed by atoms with E-state index in [4.69, 9.17) is 0 Å². The van der Waals surface area contributed by atoms with Crippen LogP contribution in [0.3, 0.4) is 0 Å². The van der Waals surface area contributed by atoms with Crippen LogP contribution in [-0.2, 0) is 6.54 Å². The van der Waals surface area contributed by atoms with Gasteiger partial charge in [0, 0.05) is 18.6 Å². The maximum Gasteiger partial charge on any atom is 0.0677 e. The highest BCUT2D eigenvalue weighted by Crippen LogP contribution is 2.43. The number of hydrogen-bond donors (Lipinski definition) is 1. The van der Waals surface area contributed by atoms with Gasteiger partial charge in [0.1, 0.15) is 0 Å². The molecular formula is C23H35NO. The highest BCUT2D eigenvalue weighted by Gasteiger charge is 2.46. The third-order valence-corrected chi connectivity index (χ3v) is 6.26. The molecule has 2 unspecified atom stereocenters. The molecule has 2 nitrogen and oxygen atoms in total. The molecule has 0 radical (unpaired) electrons. The number of allylic oxidation sites excluding steroid dienone is 1. The lowest BCUT2D eigenvalue weighted by molar-refractivity contribution is -0.0611. The van der Waals surface area contributed by atoms with Gasteiger partial charge in [-0.3, -0.25) is 4.90 Å². The summed E-state index contributed by atoms with van der Waals surface area (Å²) in [6, 6.07) is 12.0. The van der Waals surface area contributed by atoms with Crippen LogP contribution in [0.5, 0.6) is 0 Å². The predicted molar refractivity (Wildman–Crippen MR) is 105 cm³/mol. The maximum atomic E-state index is 11.1. The quantitative estimate of drug-likeness (QED) is 0.451. The number of piperidine rings is 1. The topological polar surface area (TPSA) is 23.5 Å². The average Bonchev–Trinajstić information content (AvgIpc) is 2.86. The van der Waals surface area contributed by atoms with E-state index in [2.05, 4.69) is 41.8 Å². The van der Waals surface area contributed by atoms with Crippen molar-refractivity contribution in [2.45, 2.75) is 94.9 Å². The monoisotopic (exact) mass is 341 g/mol. The van der Waals surface area contributed by atoms with Gasteiger partial charge in [-0.15, -0.1) is 6.58 Å². The summed E-state index contributed by atoms with van der Waals surface area (Å²) in [7, 11) is 0. The van der Waals surface area contributed by atoms with E-state index in [0.717, 1.165) is 32.2 Å². The minimum Gasteiger partial charge on any atom is -0.390 e. The number of benzene rings is 1. The highest BCUT2D eigenvalue weighted by molar-refractivity contribution is 5.16. The van der Waals surface area contributed by atoms with Crippen LogP contribution in [0.4, 0.5) is 0 Å². The Kier molecular flexibility index (Phi) is 6.72. The number of fused-ring (bicyclic) bond motifs is 2. The Labute approximate surface area is 153 Å². The van der Waals surface area contributed by atoms with Crippen molar-refractivity contribution in [3.8, 4) is 0 Å². The summed E-state index contributed by atoms with van der Waals surface area (Å²) >= 11 is 0. The van der Waals surface area contributed by atoms with Crippen LogP contribution < -0.4 is 0 Å². The van der Waals surface area contributed by atoms with Gasteiger partial charge in [-0.1, -0.05) is 62.1 Å². The van der Waals surface area contributed by atoms with Crippen LogP contribution >= 0.6 is 0 Å². The van der Waals surface area contributed by atoms with E-state index in [1.54, 1.807) is 0 Å². The molecule has 0 aliphatic carbocycles. The van der Waals surface area contributed by atoms with Gasteiger partial charge < -0.3 is 5.11 Å². The van der Waals surface area contributed by atoms with Crippen LogP contribution in [0.25, 0.3) is 0 Å². The van der Waals surface area contributed by atoms with Gasteiger partial charge in [0.15, 0.2) is 0 Å². The predicted octanol–water partition coefficient (Wildman–Crippen LogP) is 5.46. The van der Waals surface area contributed by atoms with Crippen molar-refractivity contribution >= 4 is 0 Å². The van der Waals surface area contributed by atoms with Crippen molar-refractivity contribution in [2.24, 2.45) is 0 Å². The van der Waals surface area contributed by atoms with Gasteiger partial charge in [-0.05, 0) is 50.5 Å². The summed E-state index contributed by atoms with van der Waals surface area (Å²) in [6.45, 7) is 4.83. The van der Waals surface area contributed by atoms with E-state index in [1.807, 2.05) is 6.08 Å². The first-order valence-electron chi connectivity index (χ1n) is 10.3. The van der Waals surface area contributed by atoms with Gasteiger partial charge in [-0.2, -0.15) is 0 Å². The SMILES string of the molecule is C=CCCCCCCCC1(O)CC2CCC(C1)N2Cc1ccccc1. The van der Waals surface area contributed by atoms with Gasteiger partial charge in [-0.25, -0.2) is 0 Å². The zero-order chi connectivity index (χ0) is 17.5. The van der Waals surface area contributed by atoms with Gasteiger partial charge in [0.2, 0.25) is 0 Å². The molecule has 0 aromatic heterocycles. The normalized spacial score (nSPS) is 29.0. The molecule has 0 amide bonds. The maximum absolute atomic E-state index is 11.1. The number of nitrogens with zero attached hydrogens (tertiary/aromatic N) is 1. The molecule has 2 heterocycles. The van der Waals surface area contributed by atoms with Crippen LogP contribution in [0.15, 0.2) is 43.0 Å². The molecule has 2 aliphatic heterocycles. The first-order chi connectivity index (χ1) is 12.2. The first kappa shape index (κ1) is 18.7. The Morgan fingerprint density at radius 2 is 1.64 bits per heavy atom. The molecule has 2 saturated heterocycles. The zero-order valence-corrected chi connectivity index (χ0v) is 15.7. The first-order valence-corrected chi connectivity index (χ1v) is 10.3. The molecule has 3 rings (SSSR count). The fourth-order valence-electron chi connectivity index (χ4n) is 4.94. The molecule has 0 spiro atoms. The second-order valence-corrected chi connectivity index (χ2v) is 8.27. The van der Waals surface area contributed by atoms with E-state index in [-0.39, 0.29) is 0 Å². The zero-order valence-electron chi connectivity index (χ0n) is 15.7. The van der Waals surface area contributed by atoms with Crippen molar-refractivity contribution in [2.75, 3.05) is 0 Å². The lowest BCUT2D eigenvalue weighted by Gasteiger charge is -2.44. The third kappa shape index (κ3) is 5.18. The molecular weight excluding hydrogens is 306 g/mol. The Morgan fingerprint density at radius 3 is 2.32 bits per heavy atom. The lowest BCUT2D eigenvalue weighted by Crippen LogP contribution is -2.50. The van der Waals surface area contributed by atoms with E-state index >= 15 is 0 Å². The molecule has 1 aromatic rings. The number of rotatable bonds is 10. The smallest absolute Gasteiger partial charge is 0.0677 e. The van der Waals surface area contributed by atoms with Crippen molar-refractivity contribution in [3.05, 3.63) is 48.6 Å². The molecule has 2 aliphatic rings. The van der Waals surface area contributed by atoms with Crippen molar-refractivity contribution < 1.29 is 5.11 Å². The Bertz CT molecular complexity index is 512. The molecule has 2 fully saturated rings. The lowest BCUT2D eigenvalue weighted by atomic mass is 9.82.